The van der Waals surface area contributed by atoms with Crippen molar-refractivity contribution in [2.45, 2.75) is 13.0 Å². The summed E-state index contributed by atoms with van der Waals surface area (Å²) in [7, 11) is 1.55. The lowest BCUT2D eigenvalue weighted by Gasteiger charge is -2.23. The Morgan fingerprint density at radius 2 is 2.22 bits per heavy atom. The molecule has 1 amide bonds. The standard InChI is InChI=1S/C11H13IN2O4/c1-7(6-15)13(2)11(16)9-5-8(14(17)18)3-4-10(9)12/h3-5,7,15H,6H2,1-2H3. The lowest BCUT2D eigenvalue weighted by Crippen LogP contribution is -2.37. The van der Waals surface area contributed by atoms with Gasteiger partial charge in [-0.3, -0.25) is 14.9 Å². The van der Waals surface area contributed by atoms with Gasteiger partial charge in [0.05, 0.1) is 23.1 Å². The molecule has 1 unspecified atom stereocenters. The van der Waals surface area contributed by atoms with Gasteiger partial charge < -0.3 is 10.0 Å². The minimum Gasteiger partial charge on any atom is -0.394 e. The highest BCUT2D eigenvalue weighted by Crippen LogP contribution is 2.21. The molecule has 98 valence electrons. The van der Waals surface area contributed by atoms with Crippen LogP contribution in [-0.4, -0.2) is 40.5 Å². The summed E-state index contributed by atoms with van der Waals surface area (Å²) in [5.74, 6) is -0.343. The van der Waals surface area contributed by atoms with E-state index in [1.54, 1.807) is 14.0 Å². The molecule has 0 heterocycles. The molecule has 0 aromatic heterocycles. The number of nitro benzene ring substituents is 1. The van der Waals surface area contributed by atoms with E-state index in [0.29, 0.717) is 3.57 Å². The number of nitrogens with zero attached hydrogens (tertiary/aromatic N) is 2. The van der Waals surface area contributed by atoms with Crippen molar-refractivity contribution in [3.63, 3.8) is 0 Å². The summed E-state index contributed by atoms with van der Waals surface area (Å²) in [4.78, 5) is 23.6. The molecule has 0 aliphatic heterocycles. The van der Waals surface area contributed by atoms with E-state index in [0.717, 1.165) is 0 Å². The third-order valence-corrected chi connectivity index (χ3v) is 3.58. The van der Waals surface area contributed by atoms with E-state index in [4.69, 9.17) is 5.11 Å². The number of nitro groups is 1. The van der Waals surface area contributed by atoms with Crippen molar-refractivity contribution < 1.29 is 14.8 Å². The van der Waals surface area contributed by atoms with Gasteiger partial charge in [0.2, 0.25) is 0 Å². The van der Waals surface area contributed by atoms with Crippen molar-refractivity contribution in [1.29, 1.82) is 0 Å². The first-order valence-corrected chi connectivity index (χ1v) is 6.28. The zero-order valence-corrected chi connectivity index (χ0v) is 12.1. The highest BCUT2D eigenvalue weighted by atomic mass is 127. The number of aliphatic hydroxyl groups is 1. The van der Waals surface area contributed by atoms with E-state index in [1.807, 2.05) is 22.6 Å². The van der Waals surface area contributed by atoms with Gasteiger partial charge >= 0.3 is 0 Å². The topological polar surface area (TPSA) is 83.7 Å². The zero-order chi connectivity index (χ0) is 13.9. The van der Waals surface area contributed by atoms with Crippen LogP contribution in [0.2, 0.25) is 0 Å². The summed E-state index contributed by atoms with van der Waals surface area (Å²) in [6, 6.07) is 3.80. The van der Waals surface area contributed by atoms with Crippen LogP contribution in [0.4, 0.5) is 5.69 Å². The smallest absolute Gasteiger partial charge is 0.270 e. The Morgan fingerprint density at radius 1 is 1.61 bits per heavy atom. The van der Waals surface area contributed by atoms with Gasteiger partial charge in [-0.15, -0.1) is 0 Å². The number of benzene rings is 1. The number of likely N-dealkylation sites (N-methyl/N-ethyl adjacent to an activating group) is 1. The fourth-order valence-electron chi connectivity index (χ4n) is 1.30. The van der Waals surface area contributed by atoms with Gasteiger partial charge in [-0.05, 0) is 35.6 Å². The van der Waals surface area contributed by atoms with Crippen molar-refractivity contribution in [3.8, 4) is 0 Å². The summed E-state index contributed by atoms with van der Waals surface area (Å²) in [5, 5.41) is 19.7. The number of aliphatic hydroxyl groups excluding tert-OH is 1. The second-order valence-corrected chi connectivity index (χ2v) is 5.03. The van der Waals surface area contributed by atoms with E-state index in [9.17, 15) is 14.9 Å². The van der Waals surface area contributed by atoms with Gasteiger partial charge in [0, 0.05) is 22.8 Å². The van der Waals surface area contributed by atoms with Crippen LogP contribution in [0.25, 0.3) is 0 Å². The molecular weight excluding hydrogens is 351 g/mol. The Morgan fingerprint density at radius 3 is 2.72 bits per heavy atom. The molecule has 0 aliphatic rings. The van der Waals surface area contributed by atoms with E-state index in [2.05, 4.69) is 0 Å². The first-order valence-electron chi connectivity index (χ1n) is 5.20. The van der Waals surface area contributed by atoms with E-state index >= 15 is 0 Å². The fraction of sp³-hybridized carbons (Fsp3) is 0.364. The number of rotatable bonds is 4. The van der Waals surface area contributed by atoms with Gasteiger partial charge in [0.15, 0.2) is 0 Å². The van der Waals surface area contributed by atoms with Crippen LogP contribution < -0.4 is 0 Å². The molecule has 0 fully saturated rings. The van der Waals surface area contributed by atoms with E-state index in [1.165, 1.54) is 23.1 Å². The third-order valence-electron chi connectivity index (χ3n) is 2.64. The van der Waals surface area contributed by atoms with Crippen molar-refractivity contribution in [2.24, 2.45) is 0 Å². The summed E-state index contributed by atoms with van der Waals surface area (Å²) >= 11 is 1.95. The minimum atomic E-state index is -0.539. The number of carbonyl (C=O) groups is 1. The number of amides is 1. The van der Waals surface area contributed by atoms with Crippen molar-refractivity contribution >= 4 is 34.2 Å². The zero-order valence-electron chi connectivity index (χ0n) is 9.96. The highest BCUT2D eigenvalue weighted by molar-refractivity contribution is 14.1. The SMILES string of the molecule is CC(CO)N(C)C(=O)c1cc([N+](=O)[O-])ccc1I. The molecule has 1 atom stereocenters. The van der Waals surface area contributed by atoms with Crippen LogP contribution >= 0.6 is 22.6 Å². The third kappa shape index (κ3) is 3.16. The average molecular weight is 364 g/mol. The Labute approximate surface area is 118 Å². The maximum atomic E-state index is 12.1. The Hall–Kier alpha value is -1.22. The minimum absolute atomic E-state index is 0.121. The quantitative estimate of drug-likeness (QED) is 0.500. The molecular formula is C11H13IN2O4. The summed E-state index contributed by atoms with van der Waals surface area (Å²) < 4.78 is 0.639. The average Bonchev–Trinajstić information content (AvgIpc) is 2.36. The molecule has 0 bridgehead atoms. The lowest BCUT2D eigenvalue weighted by atomic mass is 10.1. The maximum absolute atomic E-state index is 12.1. The molecule has 0 saturated heterocycles. The molecule has 1 N–H and O–H groups in total. The summed E-state index contributed by atoms with van der Waals surface area (Å²) in [6.07, 6.45) is 0. The molecule has 0 radical (unpaired) electrons. The van der Waals surface area contributed by atoms with Crippen LogP contribution in [-0.2, 0) is 0 Å². The molecule has 18 heavy (non-hydrogen) atoms. The summed E-state index contributed by atoms with van der Waals surface area (Å²) in [5.41, 5.74) is 0.149. The molecule has 7 heteroatoms. The first kappa shape index (κ1) is 14.8. The van der Waals surface area contributed by atoms with Crippen molar-refractivity contribution in [3.05, 3.63) is 37.4 Å². The predicted octanol–water partition coefficient (Wildman–Crippen LogP) is 1.65. The molecule has 6 nitrogen and oxygen atoms in total. The van der Waals surface area contributed by atoms with E-state index < -0.39 is 4.92 Å². The predicted molar refractivity (Wildman–Crippen MR) is 74.5 cm³/mol. The van der Waals surface area contributed by atoms with Crippen molar-refractivity contribution in [1.82, 2.24) is 4.90 Å². The Balaban J connectivity index is 3.12. The molecule has 1 rings (SSSR count). The molecule has 0 saturated carbocycles. The number of carbonyl (C=O) groups excluding carboxylic acids is 1. The highest BCUT2D eigenvalue weighted by Gasteiger charge is 2.21. The second kappa shape index (κ2) is 6.10. The summed E-state index contributed by atoms with van der Waals surface area (Å²) in [6.45, 7) is 1.54. The molecule has 1 aromatic rings. The van der Waals surface area contributed by atoms with Crippen LogP contribution in [0.15, 0.2) is 18.2 Å². The van der Waals surface area contributed by atoms with Crippen molar-refractivity contribution in [2.75, 3.05) is 13.7 Å². The normalized spacial score (nSPS) is 12.0. The van der Waals surface area contributed by atoms with Gasteiger partial charge in [0.25, 0.3) is 11.6 Å². The Bertz CT molecular complexity index is 478. The fourth-order valence-corrected chi connectivity index (χ4v) is 1.87. The van der Waals surface area contributed by atoms with Gasteiger partial charge in [0.1, 0.15) is 0 Å². The van der Waals surface area contributed by atoms with Gasteiger partial charge in [-0.25, -0.2) is 0 Å². The number of hydrogen-bond donors (Lipinski definition) is 1. The van der Waals surface area contributed by atoms with Crippen LogP contribution in [0.3, 0.4) is 0 Å². The lowest BCUT2D eigenvalue weighted by molar-refractivity contribution is -0.384. The van der Waals surface area contributed by atoms with Crippen LogP contribution in [0, 0.1) is 13.7 Å². The maximum Gasteiger partial charge on any atom is 0.270 e. The first-order chi connectivity index (χ1) is 8.38. The molecule has 1 aromatic carbocycles. The van der Waals surface area contributed by atoms with E-state index in [-0.39, 0.29) is 29.8 Å². The molecule has 0 aliphatic carbocycles. The number of halogens is 1. The van der Waals surface area contributed by atoms with Gasteiger partial charge in [-0.1, -0.05) is 0 Å². The molecule has 0 spiro atoms. The second-order valence-electron chi connectivity index (χ2n) is 3.87. The van der Waals surface area contributed by atoms with Crippen LogP contribution in [0.1, 0.15) is 17.3 Å². The number of non-ortho nitro benzene ring substituents is 1. The Kier molecular flexibility index (Phi) is 5.03. The van der Waals surface area contributed by atoms with Gasteiger partial charge in [-0.2, -0.15) is 0 Å². The monoisotopic (exact) mass is 364 g/mol. The largest absolute Gasteiger partial charge is 0.394 e. The van der Waals surface area contributed by atoms with Crippen LogP contribution in [0.5, 0.6) is 0 Å². The number of hydrogen-bond acceptors (Lipinski definition) is 4.